The minimum atomic E-state index is -0.0494. The number of hydrogen-bond acceptors (Lipinski definition) is 3. The third kappa shape index (κ3) is 2.73. The van der Waals surface area contributed by atoms with Crippen LogP contribution in [0.5, 0.6) is 0 Å². The van der Waals surface area contributed by atoms with Crippen LogP contribution in [-0.2, 0) is 11.3 Å². The van der Waals surface area contributed by atoms with Gasteiger partial charge in [-0.05, 0) is 38.3 Å². The maximum Gasteiger partial charge on any atom is 0.230 e. The first-order valence-electron chi connectivity index (χ1n) is 6.93. The zero-order valence-electron chi connectivity index (χ0n) is 11.2. The predicted molar refractivity (Wildman–Crippen MR) is 72.2 cm³/mol. The quantitative estimate of drug-likeness (QED) is 0.842. The van der Waals surface area contributed by atoms with Crippen molar-refractivity contribution in [2.24, 2.45) is 11.7 Å². The van der Waals surface area contributed by atoms with Crippen LogP contribution in [0.15, 0.2) is 28.7 Å². The number of rotatable bonds is 4. The minimum absolute atomic E-state index is 0.0286. The fourth-order valence-corrected chi connectivity index (χ4v) is 2.63. The molecule has 0 aromatic carbocycles. The van der Waals surface area contributed by atoms with E-state index in [1.165, 1.54) is 0 Å². The number of nitrogens with zero attached hydrogens (tertiary/aromatic N) is 1. The van der Waals surface area contributed by atoms with Crippen LogP contribution in [0.4, 0.5) is 0 Å². The lowest BCUT2D eigenvalue weighted by Crippen LogP contribution is -2.37. The normalized spacial score (nSPS) is 25.8. The summed E-state index contributed by atoms with van der Waals surface area (Å²) in [6.45, 7) is 2.50. The Morgan fingerprint density at radius 1 is 1.42 bits per heavy atom. The molecule has 1 saturated carbocycles. The summed E-state index contributed by atoms with van der Waals surface area (Å²) >= 11 is 0. The summed E-state index contributed by atoms with van der Waals surface area (Å²) in [7, 11) is 0. The van der Waals surface area contributed by atoms with E-state index in [1.54, 1.807) is 0 Å². The number of hydrogen-bond donors (Lipinski definition) is 1. The van der Waals surface area contributed by atoms with E-state index in [-0.39, 0.29) is 17.9 Å². The smallest absolute Gasteiger partial charge is 0.230 e. The summed E-state index contributed by atoms with van der Waals surface area (Å²) in [5.41, 5.74) is 5.83. The highest BCUT2D eigenvalue weighted by Crippen LogP contribution is 2.32. The van der Waals surface area contributed by atoms with E-state index in [0.29, 0.717) is 12.6 Å². The number of furan rings is 1. The molecule has 2 aliphatic rings. The fourth-order valence-electron chi connectivity index (χ4n) is 2.63. The van der Waals surface area contributed by atoms with Gasteiger partial charge in [0.2, 0.25) is 5.91 Å². The van der Waals surface area contributed by atoms with Crippen LogP contribution in [0.3, 0.4) is 0 Å². The van der Waals surface area contributed by atoms with Crippen LogP contribution >= 0.6 is 0 Å². The van der Waals surface area contributed by atoms with Gasteiger partial charge in [-0.25, -0.2) is 0 Å². The molecule has 0 radical (unpaired) electrons. The molecule has 0 aliphatic heterocycles. The number of carbonyl (C=O) groups excluding carboxylic acids is 1. The zero-order valence-corrected chi connectivity index (χ0v) is 11.2. The van der Waals surface area contributed by atoms with Gasteiger partial charge in [0.25, 0.3) is 0 Å². The highest BCUT2D eigenvalue weighted by atomic mass is 16.3. The van der Waals surface area contributed by atoms with E-state index in [4.69, 9.17) is 10.2 Å². The summed E-state index contributed by atoms with van der Waals surface area (Å²) in [5.74, 6) is 1.90. The Bertz CT molecular complexity index is 502. The molecule has 2 aliphatic carbocycles. The van der Waals surface area contributed by atoms with Crippen molar-refractivity contribution in [3.8, 4) is 0 Å². The van der Waals surface area contributed by atoms with Crippen LogP contribution in [0, 0.1) is 12.8 Å². The molecule has 0 saturated heterocycles. The van der Waals surface area contributed by atoms with Gasteiger partial charge in [-0.15, -0.1) is 0 Å². The Morgan fingerprint density at radius 3 is 2.74 bits per heavy atom. The fraction of sp³-hybridized carbons (Fsp3) is 0.533. The highest BCUT2D eigenvalue weighted by molar-refractivity contribution is 5.81. The molecule has 4 heteroatoms. The number of nitrogens with two attached hydrogens (primary N) is 1. The molecule has 102 valence electrons. The molecule has 3 rings (SSSR count). The van der Waals surface area contributed by atoms with Crippen molar-refractivity contribution in [2.45, 2.75) is 44.8 Å². The first-order valence-corrected chi connectivity index (χ1v) is 6.93. The average molecular weight is 260 g/mol. The Labute approximate surface area is 113 Å². The Morgan fingerprint density at radius 2 is 2.21 bits per heavy atom. The molecule has 1 amide bonds. The van der Waals surface area contributed by atoms with Crippen LogP contribution in [-0.4, -0.2) is 22.9 Å². The van der Waals surface area contributed by atoms with Crippen LogP contribution in [0.25, 0.3) is 0 Å². The molecule has 0 spiro atoms. The predicted octanol–water partition coefficient (Wildman–Crippen LogP) is 1.98. The zero-order chi connectivity index (χ0) is 13.4. The van der Waals surface area contributed by atoms with Crippen molar-refractivity contribution in [3.63, 3.8) is 0 Å². The van der Waals surface area contributed by atoms with E-state index in [0.717, 1.165) is 30.8 Å². The van der Waals surface area contributed by atoms with Gasteiger partial charge in [-0.1, -0.05) is 12.2 Å². The van der Waals surface area contributed by atoms with Gasteiger partial charge < -0.3 is 15.1 Å². The number of aryl methyl sites for hydroxylation is 1. The Hall–Kier alpha value is -1.55. The standard InChI is InChI=1S/C15H20N2O2/c1-10-2-7-14(19-10)9-17(13-5-6-13)15(18)11-3-4-12(16)8-11/h2-4,7,11-13H,5-6,8-9,16H2,1H3. The molecule has 1 heterocycles. The lowest BCUT2D eigenvalue weighted by Gasteiger charge is -2.24. The van der Waals surface area contributed by atoms with E-state index in [1.807, 2.05) is 36.1 Å². The lowest BCUT2D eigenvalue weighted by molar-refractivity contribution is -0.135. The molecule has 1 aromatic rings. The van der Waals surface area contributed by atoms with E-state index < -0.39 is 0 Å². The van der Waals surface area contributed by atoms with Crippen molar-refractivity contribution in [3.05, 3.63) is 35.8 Å². The molecule has 0 bridgehead atoms. The summed E-state index contributed by atoms with van der Waals surface area (Å²) in [5, 5.41) is 0. The molecular formula is C15H20N2O2. The van der Waals surface area contributed by atoms with Gasteiger partial charge in [0, 0.05) is 12.1 Å². The molecule has 1 fully saturated rings. The first kappa shape index (κ1) is 12.5. The monoisotopic (exact) mass is 260 g/mol. The summed E-state index contributed by atoms with van der Waals surface area (Å²) < 4.78 is 5.59. The van der Waals surface area contributed by atoms with Crippen molar-refractivity contribution >= 4 is 5.91 Å². The lowest BCUT2D eigenvalue weighted by atomic mass is 10.1. The second kappa shape index (κ2) is 4.85. The minimum Gasteiger partial charge on any atom is -0.464 e. The SMILES string of the molecule is Cc1ccc(CN(C(=O)C2C=CC(N)C2)C2CC2)o1. The van der Waals surface area contributed by atoms with E-state index >= 15 is 0 Å². The second-order valence-electron chi connectivity index (χ2n) is 5.60. The molecule has 4 nitrogen and oxygen atoms in total. The molecule has 2 N–H and O–H groups in total. The third-order valence-electron chi connectivity index (χ3n) is 3.83. The molecule has 19 heavy (non-hydrogen) atoms. The molecule has 1 aromatic heterocycles. The maximum atomic E-state index is 12.6. The van der Waals surface area contributed by atoms with E-state index in [2.05, 4.69) is 0 Å². The van der Waals surface area contributed by atoms with Crippen LogP contribution in [0.2, 0.25) is 0 Å². The molecular weight excluding hydrogens is 240 g/mol. The van der Waals surface area contributed by atoms with Crippen molar-refractivity contribution in [2.75, 3.05) is 0 Å². The van der Waals surface area contributed by atoms with Gasteiger partial charge in [0.1, 0.15) is 11.5 Å². The van der Waals surface area contributed by atoms with Gasteiger partial charge in [0.05, 0.1) is 12.5 Å². The Balaban J connectivity index is 1.70. The number of amides is 1. The highest BCUT2D eigenvalue weighted by Gasteiger charge is 2.36. The maximum absolute atomic E-state index is 12.6. The topological polar surface area (TPSA) is 59.5 Å². The van der Waals surface area contributed by atoms with Crippen molar-refractivity contribution in [1.29, 1.82) is 0 Å². The van der Waals surface area contributed by atoms with E-state index in [9.17, 15) is 4.79 Å². The number of carbonyl (C=O) groups is 1. The third-order valence-corrected chi connectivity index (χ3v) is 3.83. The van der Waals surface area contributed by atoms with Gasteiger partial charge in [0.15, 0.2) is 0 Å². The van der Waals surface area contributed by atoms with Gasteiger partial charge in [-0.3, -0.25) is 4.79 Å². The first-order chi connectivity index (χ1) is 9.13. The largest absolute Gasteiger partial charge is 0.464 e. The summed E-state index contributed by atoms with van der Waals surface area (Å²) in [6, 6.07) is 4.31. The molecule has 2 unspecified atom stereocenters. The van der Waals surface area contributed by atoms with Gasteiger partial charge >= 0.3 is 0 Å². The Kier molecular flexibility index (Phi) is 3.19. The molecule has 2 atom stereocenters. The van der Waals surface area contributed by atoms with Crippen LogP contribution < -0.4 is 5.73 Å². The van der Waals surface area contributed by atoms with Crippen LogP contribution in [0.1, 0.15) is 30.8 Å². The second-order valence-corrected chi connectivity index (χ2v) is 5.60. The summed E-state index contributed by atoms with van der Waals surface area (Å²) in [4.78, 5) is 14.5. The van der Waals surface area contributed by atoms with Crippen molar-refractivity contribution < 1.29 is 9.21 Å². The van der Waals surface area contributed by atoms with Gasteiger partial charge in [-0.2, -0.15) is 0 Å². The summed E-state index contributed by atoms with van der Waals surface area (Å²) in [6.07, 6.45) is 6.83. The van der Waals surface area contributed by atoms with Crippen molar-refractivity contribution in [1.82, 2.24) is 4.90 Å². The average Bonchev–Trinajstić information content (AvgIpc) is 3.00.